The second-order valence-electron chi connectivity index (χ2n) is 6.91. The maximum Gasteiger partial charge on any atom is 0.433 e. The maximum atomic E-state index is 12.6. The summed E-state index contributed by atoms with van der Waals surface area (Å²) in [5, 5.41) is 0. The maximum absolute atomic E-state index is 12.6. The Hall–Kier alpha value is -2.97. The van der Waals surface area contributed by atoms with Crippen molar-refractivity contribution in [3.8, 4) is 0 Å². The van der Waals surface area contributed by atoms with Gasteiger partial charge in [-0.1, -0.05) is 12.1 Å². The molecule has 3 heterocycles. The number of aromatic nitrogens is 4. The number of halogens is 3. The predicted molar refractivity (Wildman–Crippen MR) is 98.0 cm³/mol. The molecule has 1 fully saturated rings. The third-order valence-corrected chi connectivity index (χ3v) is 5.00. The average molecular weight is 389 g/mol. The van der Waals surface area contributed by atoms with Crippen LogP contribution in [0.15, 0.2) is 47.7 Å². The molecule has 0 spiro atoms. The van der Waals surface area contributed by atoms with Crippen molar-refractivity contribution in [1.29, 1.82) is 0 Å². The van der Waals surface area contributed by atoms with Crippen LogP contribution in [0.25, 0.3) is 11.0 Å². The van der Waals surface area contributed by atoms with Gasteiger partial charge < -0.3 is 4.90 Å². The summed E-state index contributed by atoms with van der Waals surface area (Å²) in [6.07, 6.45) is -0.242. The lowest BCUT2D eigenvalue weighted by Gasteiger charge is -2.32. The fourth-order valence-corrected chi connectivity index (χ4v) is 3.44. The van der Waals surface area contributed by atoms with Crippen LogP contribution >= 0.6 is 0 Å². The highest BCUT2D eigenvalue weighted by molar-refractivity contribution is 5.75. The number of hydrogen-bond donors (Lipinski definition) is 0. The van der Waals surface area contributed by atoms with Crippen molar-refractivity contribution in [2.24, 2.45) is 5.92 Å². The minimum absolute atomic E-state index is 0.195. The molecule has 28 heavy (non-hydrogen) atoms. The Bertz CT molecular complexity index is 1040. The molecular formula is C19H18F3N5O. The fraction of sp³-hybridized carbons (Fsp3) is 0.368. The second kappa shape index (κ2) is 7.21. The lowest BCUT2D eigenvalue weighted by atomic mass is 9.96. The molecule has 0 aliphatic carbocycles. The molecule has 0 saturated carbocycles. The summed E-state index contributed by atoms with van der Waals surface area (Å²) in [4.78, 5) is 26.6. The molecule has 1 aliphatic heterocycles. The molecule has 1 saturated heterocycles. The zero-order valence-corrected chi connectivity index (χ0v) is 14.9. The van der Waals surface area contributed by atoms with E-state index >= 15 is 0 Å². The summed E-state index contributed by atoms with van der Waals surface area (Å²) in [5.74, 6) is 1.01. The standard InChI is InChI=1S/C19H18F3N5O/c20-19(21,22)16-9-18(28)27(12-24-16)11-13-5-7-26(8-6-13)17-10-23-14-3-1-2-4-15(14)25-17/h1-4,9-10,12-13H,5-8,11H2. The number of rotatable bonds is 3. The molecule has 0 N–H and O–H groups in total. The Labute approximate surface area is 158 Å². The third-order valence-electron chi connectivity index (χ3n) is 5.00. The van der Waals surface area contributed by atoms with Gasteiger partial charge in [0.2, 0.25) is 0 Å². The summed E-state index contributed by atoms with van der Waals surface area (Å²) in [6, 6.07) is 8.22. The number of benzene rings is 1. The predicted octanol–water partition coefficient (Wildman–Crippen LogP) is 3.12. The monoisotopic (exact) mass is 389 g/mol. The van der Waals surface area contributed by atoms with Crippen molar-refractivity contribution < 1.29 is 13.2 Å². The number of fused-ring (bicyclic) bond motifs is 1. The van der Waals surface area contributed by atoms with E-state index in [4.69, 9.17) is 0 Å². The van der Waals surface area contributed by atoms with Gasteiger partial charge in [0.05, 0.1) is 23.6 Å². The number of nitrogens with zero attached hydrogens (tertiary/aromatic N) is 5. The second-order valence-corrected chi connectivity index (χ2v) is 6.91. The summed E-state index contributed by atoms with van der Waals surface area (Å²) in [7, 11) is 0. The molecule has 1 aliphatic rings. The van der Waals surface area contributed by atoms with Gasteiger partial charge in [-0.3, -0.25) is 14.3 Å². The van der Waals surface area contributed by atoms with Gasteiger partial charge in [-0.05, 0) is 30.9 Å². The fourth-order valence-electron chi connectivity index (χ4n) is 3.44. The SMILES string of the molecule is O=c1cc(C(F)(F)F)ncn1CC1CCN(c2cnc3ccccc3n2)CC1. The van der Waals surface area contributed by atoms with Gasteiger partial charge in [0, 0.05) is 25.7 Å². The van der Waals surface area contributed by atoms with Crippen molar-refractivity contribution >= 4 is 16.9 Å². The largest absolute Gasteiger partial charge is 0.433 e. The first kappa shape index (κ1) is 18.4. The van der Waals surface area contributed by atoms with E-state index in [-0.39, 0.29) is 5.92 Å². The van der Waals surface area contributed by atoms with Crippen LogP contribution in [-0.4, -0.2) is 32.6 Å². The quantitative estimate of drug-likeness (QED) is 0.689. The first-order chi connectivity index (χ1) is 13.4. The van der Waals surface area contributed by atoms with E-state index in [0.29, 0.717) is 12.6 Å². The Morgan fingerprint density at radius 1 is 1.07 bits per heavy atom. The molecule has 0 amide bonds. The molecule has 146 valence electrons. The van der Waals surface area contributed by atoms with E-state index in [1.165, 1.54) is 4.57 Å². The zero-order valence-electron chi connectivity index (χ0n) is 14.9. The molecule has 1 aromatic carbocycles. The molecule has 3 aromatic rings. The van der Waals surface area contributed by atoms with Crippen LogP contribution < -0.4 is 10.5 Å². The normalized spacial score (nSPS) is 15.9. The van der Waals surface area contributed by atoms with Gasteiger partial charge >= 0.3 is 6.18 Å². The molecule has 4 rings (SSSR count). The van der Waals surface area contributed by atoms with Gasteiger partial charge in [-0.2, -0.15) is 13.2 Å². The Morgan fingerprint density at radius 2 is 1.79 bits per heavy atom. The van der Waals surface area contributed by atoms with Crippen molar-refractivity contribution in [3.05, 3.63) is 58.9 Å². The first-order valence-electron chi connectivity index (χ1n) is 9.00. The minimum atomic E-state index is -4.61. The highest BCUT2D eigenvalue weighted by atomic mass is 19.4. The molecule has 0 atom stereocenters. The highest BCUT2D eigenvalue weighted by Gasteiger charge is 2.33. The smallest absolute Gasteiger partial charge is 0.355 e. The summed E-state index contributed by atoms with van der Waals surface area (Å²) < 4.78 is 39.2. The number of anilines is 1. The van der Waals surface area contributed by atoms with E-state index in [2.05, 4.69) is 19.9 Å². The van der Waals surface area contributed by atoms with Gasteiger partial charge in [0.15, 0.2) is 5.69 Å². The molecule has 0 unspecified atom stereocenters. The highest BCUT2D eigenvalue weighted by Crippen LogP contribution is 2.26. The van der Waals surface area contributed by atoms with Crippen LogP contribution in [0.1, 0.15) is 18.5 Å². The average Bonchev–Trinajstić information content (AvgIpc) is 2.69. The van der Waals surface area contributed by atoms with Crippen molar-refractivity contribution in [1.82, 2.24) is 19.5 Å². The van der Waals surface area contributed by atoms with E-state index < -0.39 is 17.4 Å². The summed E-state index contributed by atoms with van der Waals surface area (Å²) >= 11 is 0. The first-order valence-corrected chi connectivity index (χ1v) is 9.00. The molecule has 0 bridgehead atoms. The summed E-state index contributed by atoms with van der Waals surface area (Å²) in [6.45, 7) is 1.86. The van der Waals surface area contributed by atoms with Crippen molar-refractivity contribution in [2.75, 3.05) is 18.0 Å². The number of hydrogen-bond acceptors (Lipinski definition) is 5. The molecule has 2 aromatic heterocycles. The van der Waals surface area contributed by atoms with Gasteiger partial charge in [-0.15, -0.1) is 0 Å². The van der Waals surface area contributed by atoms with Gasteiger partial charge in [0.25, 0.3) is 5.56 Å². The van der Waals surface area contributed by atoms with E-state index in [1.54, 1.807) is 6.20 Å². The van der Waals surface area contributed by atoms with E-state index in [1.807, 2.05) is 24.3 Å². The van der Waals surface area contributed by atoms with Crippen molar-refractivity contribution in [3.63, 3.8) is 0 Å². The number of piperidine rings is 1. The molecular weight excluding hydrogens is 371 g/mol. The molecule has 6 nitrogen and oxygen atoms in total. The van der Waals surface area contributed by atoms with Crippen LogP contribution in [0.5, 0.6) is 0 Å². The lowest BCUT2D eigenvalue weighted by molar-refractivity contribution is -0.141. The Balaban J connectivity index is 1.41. The van der Waals surface area contributed by atoms with Crippen LogP contribution in [0, 0.1) is 5.92 Å². The molecule has 0 radical (unpaired) electrons. The van der Waals surface area contributed by atoms with Crippen LogP contribution in [-0.2, 0) is 12.7 Å². The van der Waals surface area contributed by atoms with Crippen LogP contribution in [0.3, 0.4) is 0 Å². The number of alkyl halides is 3. The third kappa shape index (κ3) is 3.83. The lowest BCUT2D eigenvalue weighted by Crippen LogP contribution is -2.37. The van der Waals surface area contributed by atoms with E-state index in [0.717, 1.165) is 49.1 Å². The number of para-hydroxylation sites is 2. The van der Waals surface area contributed by atoms with Gasteiger partial charge in [-0.25, -0.2) is 9.97 Å². The van der Waals surface area contributed by atoms with Crippen molar-refractivity contribution in [2.45, 2.75) is 25.6 Å². The Morgan fingerprint density at radius 3 is 2.46 bits per heavy atom. The topological polar surface area (TPSA) is 63.9 Å². The Kier molecular flexibility index (Phi) is 4.74. The van der Waals surface area contributed by atoms with Gasteiger partial charge in [0.1, 0.15) is 5.82 Å². The summed E-state index contributed by atoms with van der Waals surface area (Å²) in [5.41, 5.74) is -0.150. The minimum Gasteiger partial charge on any atom is -0.355 e. The van der Waals surface area contributed by atoms with E-state index in [9.17, 15) is 18.0 Å². The molecule has 9 heteroatoms. The zero-order chi connectivity index (χ0) is 19.7. The van der Waals surface area contributed by atoms with Crippen LogP contribution in [0.4, 0.5) is 19.0 Å². The van der Waals surface area contributed by atoms with Crippen LogP contribution in [0.2, 0.25) is 0 Å².